The Morgan fingerprint density at radius 3 is 1.36 bits per heavy atom. The molecule has 2 aromatic carbocycles. The fraction of sp³-hybridized carbons (Fsp3) is 0.250. The predicted octanol–water partition coefficient (Wildman–Crippen LogP) is 5.02. The quantitative estimate of drug-likeness (QED) is 0.106. The summed E-state index contributed by atoms with van der Waals surface area (Å²) >= 11 is 0. The van der Waals surface area contributed by atoms with Crippen LogP contribution in [0.25, 0.3) is 22.1 Å². The molecule has 4 aromatic heterocycles. The van der Waals surface area contributed by atoms with Gasteiger partial charge in [-0.3, -0.25) is 18.4 Å². The van der Waals surface area contributed by atoms with Crippen LogP contribution in [0, 0.1) is 0 Å². The molecule has 14 nitrogen and oxygen atoms in total. The number of halogens is 4. The van der Waals surface area contributed by atoms with Crippen molar-refractivity contribution in [3.8, 4) is 34.5 Å². The summed E-state index contributed by atoms with van der Waals surface area (Å²) in [7, 11) is 2.67. The Bertz CT molecular complexity index is 2060. The molecule has 2 atom stereocenters. The van der Waals surface area contributed by atoms with E-state index in [4.69, 9.17) is 18.9 Å². The molecule has 0 radical (unpaired) electrons. The topological polar surface area (TPSA) is 169 Å². The maximum atomic E-state index is 12.6. The Morgan fingerprint density at radius 1 is 0.623 bits per heavy atom. The third kappa shape index (κ3) is 10.2. The van der Waals surface area contributed by atoms with Crippen molar-refractivity contribution in [2.75, 3.05) is 28.4 Å². The van der Waals surface area contributed by atoms with Crippen LogP contribution in [0.2, 0.25) is 0 Å². The van der Waals surface area contributed by atoms with E-state index in [1.807, 2.05) is 0 Å². The van der Waals surface area contributed by atoms with Gasteiger partial charge in [0.05, 0.1) is 72.9 Å². The van der Waals surface area contributed by atoms with Gasteiger partial charge in [0.2, 0.25) is 0 Å². The van der Waals surface area contributed by atoms with Gasteiger partial charge in [-0.15, -0.1) is 0 Å². The number of methoxy groups -OCH3 is 4. The second kappa shape index (κ2) is 18.7. The smallest absolute Gasteiger partial charge is 0.493 e. The average Bonchev–Trinajstić information content (AvgIpc) is 3.75. The zero-order valence-corrected chi connectivity index (χ0v) is 32.9. The molecular weight excluding hydrogens is 802 g/mol. The summed E-state index contributed by atoms with van der Waals surface area (Å²) in [6.07, 6.45) is 3.04. The van der Waals surface area contributed by atoms with Crippen molar-refractivity contribution in [1.29, 1.82) is 0 Å². The summed E-state index contributed by atoms with van der Waals surface area (Å²) in [6.45, 7) is -5.87. The van der Waals surface area contributed by atoms with E-state index in [2.05, 4.69) is 39.4 Å². The summed E-state index contributed by atoms with van der Waals surface area (Å²) in [5.74, 6) is 1.64. The minimum absolute atomic E-state index is 0. The molecular formula is C32H28F4N6O8S2Zn. The van der Waals surface area contributed by atoms with Crippen LogP contribution in [0.4, 0.5) is 17.6 Å². The van der Waals surface area contributed by atoms with Gasteiger partial charge in [0.25, 0.3) is 0 Å². The zero-order valence-electron chi connectivity index (χ0n) is 28.3. The van der Waals surface area contributed by atoms with E-state index in [-0.39, 0.29) is 52.8 Å². The number of pyridine rings is 2. The first kappa shape index (κ1) is 40.9. The summed E-state index contributed by atoms with van der Waals surface area (Å²) in [6, 6.07) is 11.5. The van der Waals surface area contributed by atoms with Gasteiger partial charge in [0, 0.05) is 34.8 Å². The molecule has 0 bridgehead atoms. The maximum absolute atomic E-state index is 12.6. The molecule has 0 unspecified atom stereocenters. The number of aromatic nitrogens is 6. The molecule has 0 saturated heterocycles. The Morgan fingerprint density at radius 2 is 1.02 bits per heavy atom. The molecule has 0 aliphatic heterocycles. The molecule has 0 N–H and O–H groups in total. The fourth-order valence-electron chi connectivity index (χ4n) is 4.68. The van der Waals surface area contributed by atoms with Crippen molar-refractivity contribution in [3.63, 3.8) is 0 Å². The number of hydrogen-bond acceptors (Lipinski definition) is 12. The van der Waals surface area contributed by atoms with E-state index in [0.29, 0.717) is 56.5 Å². The van der Waals surface area contributed by atoms with Crippen LogP contribution in [-0.2, 0) is 52.6 Å². The van der Waals surface area contributed by atoms with Gasteiger partial charge in [-0.1, -0.05) is 12.1 Å². The SMILES string of the molecule is COc1ccnc(C[S@](=O)c2nc3cc(OC(F)F)ccc3[n-]2)c1OC.COc1ccnc(C[S@](=O)c2nc3cc(OC(F)F)ccc3[n-]2)c1OC.[Zn+2]. The van der Waals surface area contributed by atoms with Crippen LogP contribution in [0.1, 0.15) is 11.4 Å². The van der Waals surface area contributed by atoms with Crippen molar-refractivity contribution in [2.24, 2.45) is 0 Å². The van der Waals surface area contributed by atoms with Crippen molar-refractivity contribution in [1.82, 2.24) is 29.9 Å². The number of ether oxygens (including phenoxy) is 6. The molecule has 4 heterocycles. The second-order valence-electron chi connectivity index (χ2n) is 10.0. The van der Waals surface area contributed by atoms with E-state index in [1.165, 1.54) is 77.2 Å². The Kier molecular flexibility index (Phi) is 14.5. The van der Waals surface area contributed by atoms with E-state index in [0.717, 1.165) is 0 Å². The normalized spacial score (nSPS) is 12.1. The molecule has 0 saturated carbocycles. The first-order valence-electron chi connectivity index (χ1n) is 14.7. The number of fused-ring (bicyclic) bond motifs is 2. The van der Waals surface area contributed by atoms with Crippen molar-refractivity contribution in [2.45, 2.75) is 35.0 Å². The number of nitrogens with zero attached hydrogens (tertiary/aromatic N) is 6. The molecule has 0 amide bonds. The molecule has 0 fully saturated rings. The predicted molar refractivity (Wildman–Crippen MR) is 178 cm³/mol. The minimum Gasteiger partial charge on any atom is -0.493 e. The first-order valence-corrected chi connectivity index (χ1v) is 17.3. The second-order valence-corrected chi connectivity index (χ2v) is 12.7. The largest absolute Gasteiger partial charge is 2.00 e. The number of hydrogen-bond donors (Lipinski definition) is 0. The molecule has 0 aliphatic rings. The third-order valence-corrected chi connectivity index (χ3v) is 9.13. The first-order chi connectivity index (χ1) is 25.0. The van der Waals surface area contributed by atoms with Gasteiger partial charge in [-0.2, -0.15) is 17.6 Å². The summed E-state index contributed by atoms with van der Waals surface area (Å²) in [5, 5.41) is 0.140. The van der Waals surface area contributed by atoms with Crippen LogP contribution in [0.5, 0.6) is 34.5 Å². The molecule has 6 rings (SSSR count). The molecule has 0 spiro atoms. The van der Waals surface area contributed by atoms with E-state index >= 15 is 0 Å². The summed E-state index contributed by atoms with van der Waals surface area (Å²) < 4.78 is 104. The van der Waals surface area contributed by atoms with Crippen molar-refractivity contribution >= 4 is 43.7 Å². The van der Waals surface area contributed by atoms with E-state index in [9.17, 15) is 26.0 Å². The number of benzene rings is 2. The molecule has 0 aliphatic carbocycles. The van der Waals surface area contributed by atoms with Crippen molar-refractivity contribution < 1.29 is 73.9 Å². The molecule has 276 valence electrons. The molecule has 53 heavy (non-hydrogen) atoms. The average molecular weight is 830 g/mol. The molecule has 6 aromatic rings. The van der Waals surface area contributed by atoms with Crippen LogP contribution >= 0.6 is 0 Å². The Labute approximate surface area is 316 Å². The number of alkyl halides is 4. The van der Waals surface area contributed by atoms with Gasteiger partial charge >= 0.3 is 32.7 Å². The van der Waals surface area contributed by atoms with Gasteiger partial charge in [-0.05, 0) is 46.3 Å². The van der Waals surface area contributed by atoms with Crippen LogP contribution < -0.4 is 38.4 Å². The van der Waals surface area contributed by atoms with Gasteiger partial charge in [0.1, 0.15) is 11.5 Å². The van der Waals surface area contributed by atoms with E-state index < -0.39 is 34.8 Å². The summed E-state index contributed by atoms with van der Waals surface area (Å²) in [4.78, 5) is 25.0. The van der Waals surface area contributed by atoms with Crippen LogP contribution in [0.15, 0.2) is 71.2 Å². The van der Waals surface area contributed by atoms with Crippen molar-refractivity contribution in [3.05, 3.63) is 72.3 Å². The zero-order chi connectivity index (χ0) is 37.4. The summed E-state index contributed by atoms with van der Waals surface area (Å²) in [5.41, 5.74) is 2.36. The maximum Gasteiger partial charge on any atom is 2.00 e. The van der Waals surface area contributed by atoms with Crippen LogP contribution in [0.3, 0.4) is 0 Å². The standard InChI is InChI=1S/2C16H14F2N3O4S.Zn/c2*1-23-13-5-6-19-12(14(13)24-2)8-26(22)16-20-10-4-3-9(25-15(17)18)7-11(10)21-16;/h2*3-7,15H,8H2,1-2H3;/q2*-1;+2/t2*26-;/m00./s1. The Balaban J connectivity index is 0.000000232. The van der Waals surface area contributed by atoms with Crippen LogP contribution in [-0.4, -0.2) is 70.0 Å². The third-order valence-electron chi connectivity index (χ3n) is 6.88. The van der Waals surface area contributed by atoms with Gasteiger partial charge in [0.15, 0.2) is 23.0 Å². The minimum atomic E-state index is -2.93. The fourth-order valence-corrected chi connectivity index (χ4v) is 6.64. The molecule has 21 heteroatoms. The monoisotopic (exact) mass is 828 g/mol. The number of rotatable bonds is 14. The van der Waals surface area contributed by atoms with E-state index in [1.54, 1.807) is 12.1 Å². The Hall–Kier alpha value is -4.88. The van der Waals surface area contributed by atoms with Gasteiger partial charge < -0.3 is 48.4 Å². The van der Waals surface area contributed by atoms with Gasteiger partial charge in [-0.25, -0.2) is 0 Å². The number of imidazole rings is 2.